The van der Waals surface area contributed by atoms with Crippen LogP contribution in [0.4, 0.5) is 11.6 Å². The molecule has 0 bridgehead atoms. The molecule has 0 spiro atoms. The third kappa shape index (κ3) is 4.54. The Morgan fingerprint density at radius 2 is 1.53 bits per heavy atom. The molecule has 3 aromatic carbocycles. The highest BCUT2D eigenvalue weighted by atomic mass is 35.5. The van der Waals surface area contributed by atoms with Gasteiger partial charge in [-0.2, -0.15) is 4.98 Å². The van der Waals surface area contributed by atoms with Gasteiger partial charge in [0.1, 0.15) is 5.75 Å². The first-order valence-electron chi connectivity index (χ1n) is 11.6. The fraction of sp³-hybridized carbons (Fsp3) is 0.222. The van der Waals surface area contributed by atoms with Gasteiger partial charge in [-0.25, -0.2) is 8.42 Å². The molecule has 0 atom stereocenters. The first kappa shape index (κ1) is 24.2. The van der Waals surface area contributed by atoms with Gasteiger partial charge >= 0.3 is 0 Å². The van der Waals surface area contributed by atoms with Crippen LogP contribution < -0.4 is 14.5 Å². The molecule has 1 aromatic heterocycles. The van der Waals surface area contributed by atoms with E-state index < -0.39 is 9.84 Å². The zero-order valence-electron chi connectivity index (χ0n) is 20.0. The number of aromatic nitrogens is 1. The van der Waals surface area contributed by atoms with Crippen LogP contribution in [-0.4, -0.2) is 46.7 Å². The van der Waals surface area contributed by atoms with E-state index in [1.807, 2.05) is 42.2 Å². The van der Waals surface area contributed by atoms with Gasteiger partial charge in [0.05, 0.1) is 28.3 Å². The topological polar surface area (TPSA) is 75.9 Å². The van der Waals surface area contributed by atoms with E-state index in [9.17, 15) is 8.42 Å². The molecule has 186 valence electrons. The second kappa shape index (κ2) is 9.87. The molecule has 2 heterocycles. The number of benzene rings is 3. The Hall–Kier alpha value is -3.49. The number of sulfone groups is 1. The average molecular weight is 524 g/mol. The van der Waals surface area contributed by atoms with Crippen LogP contribution in [0.1, 0.15) is 5.56 Å². The Balaban J connectivity index is 1.52. The molecule has 1 aliphatic rings. The van der Waals surface area contributed by atoms with E-state index in [0.717, 1.165) is 17.0 Å². The van der Waals surface area contributed by atoms with Crippen molar-refractivity contribution in [1.29, 1.82) is 0 Å². The van der Waals surface area contributed by atoms with Gasteiger partial charge in [-0.1, -0.05) is 53.6 Å². The summed E-state index contributed by atoms with van der Waals surface area (Å²) in [6.07, 6.45) is 0. The number of piperazine rings is 1. The maximum absolute atomic E-state index is 13.7. The van der Waals surface area contributed by atoms with Crippen molar-refractivity contribution in [2.45, 2.75) is 16.8 Å². The first-order chi connectivity index (χ1) is 17.4. The summed E-state index contributed by atoms with van der Waals surface area (Å²) >= 11 is 6.39. The molecule has 1 saturated heterocycles. The quantitative estimate of drug-likeness (QED) is 0.331. The molecular formula is C27H26ClN3O4S. The number of hydrogen-bond donors (Lipinski definition) is 0. The van der Waals surface area contributed by atoms with Gasteiger partial charge < -0.3 is 19.0 Å². The number of oxazole rings is 1. The van der Waals surface area contributed by atoms with Gasteiger partial charge in [-0.3, -0.25) is 0 Å². The van der Waals surface area contributed by atoms with E-state index in [2.05, 4.69) is 9.88 Å². The highest BCUT2D eigenvalue weighted by Crippen LogP contribution is 2.38. The molecular weight excluding hydrogens is 498 g/mol. The van der Waals surface area contributed by atoms with Gasteiger partial charge in [-0.15, -0.1) is 0 Å². The molecule has 0 N–H and O–H groups in total. The van der Waals surface area contributed by atoms with Crippen molar-refractivity contribution in [3.63, 3.8) is 0 Å². The lowest BCUT2D eigenvalue weighted by Crippen LogP contribution is -2.46. The van der Waals surface area contributed by atoms with E-state index in [0.29, 0.717) is 36.8 Å². The Kier molecular flexibility index (Phi) is 6.64. The van der Waals surface area contributed by atoms with Crippen molar-refractivity contribution >= 4 is 33.0 Å². The molecule has 9 heteroatoms. The number of rotatable bonds is 6. The van der Waals surface area contributed by atoms with E-state index in [1.165, 1.54) is 0 Å². The third-order valence-electron chi connectivity index (χ3n) is 6.26. The van der Waals surface area contributed by atoms with Crippen LogP contribution in [0.3, 0.4) is 0 Å². The minimum Gasteiger partial charge on any atom is -0.495 e. The van der Waals surface area contributed by atoms with E-state index in [1.54, 1.807) is 49.6 Å². The van der Waals surface area contributed by atoms with Crippen molar-refractivity contribution in [2.75, 3.05) is 43.1 Å². The first-order valence-corrected chi connectivity index (χ1v) is 13.4. The maximum atomic E-state index is 13.7. The molecule has 0 aliphatic carbocycles. The zero-order chi connectivity index (χ0) is 25.3. The van der Waals surface area contributed by atoms with Crippen molar-refractivity contribution in [3.05, 3.63) is 83.4 Å². The summed E-state index contributed by atoms with van der Waals surface area (Å²) < 4.78 is 39.1. The average Bonchev–Trinajstić information content (AvgIpc) is 3.35. The lowest BCUT2D eigenvalue weighted by Gasteiger charge is -2.36. The normalized spacial score (nSPS) is 14.2. The molecule has 36 heavy (non-hydrogen) atoms. The number of nitrogens with zero attached hydrogens (tertiary/aromatic N) is 3. The molecule has 5 rings (SSSR count). The van der Waals surface area contributed by atoms with Gasteiger partial charge in [0, 0.05) is 26.2 Å². The minimum absolute atomic E-state index is 0.105. The molecule has 0 saturated carbocycles. The lowest BCUT2D eigenvalue weighted by atomic mass is 10.2. The maximum Gasteiger partial charge on any atom is 0.236 e. The van der Waals surface area contributed by atoms with Crippen LogP contribution in [0.5, 0.6) is 5.75 Å². The highest BCUT2D eigenvalue weighted by Gasteiger charge is 2.33. The van der Waals surface area contributed by atoms with Crippen LogP contribution in [-0.2, 0) is 9.84 Å². The fourth-order valence-electron chi connectivity index (χ4n) is 4.29. The summed E-state index contributed by atoms with van der Waals surface area (Å²) in [5, 5.41) is 0.331. The van der Waals surface area contributed by atoms with Crippen LogP contribution >= 0.6 is 11.6 Å². The van der Waals surface area contributed by atoms with Gasteiger partial charge in [0.2, 0.25) is 26.6 Å². The predicted octanol–water partition coefficient (Wildman–Crippen LogP) is 5.47. The van der Waals surface area contributed by atoms with E-state index in [-0.39, 0.29) is 21.7 Å². The van der Waals surface area contributed by atoms with Gasteiger partial charge in [0.15, 0.2) is 0 Å². The van der Waals surface area contributed by atoms with Crippen molar-refractivity contribution in [2.24, 2.45) is 0 Å². The minimum atomic E-state index is -3.94. The van der Waals surface area contributed by atoms with Gasteiger partial charge in [-0.05, 0) is 43.3 Å². The Morgan fingerprint density at radius 3 is 2.22 bits per heavy atom. The predicted molar refractivity (Wildman–Crippen MR) is 141 cm³/mol. The molecule has 0 radical (unpaired) electrons. The summed E-state index contributed by atoms with van der Waals surface area (Å²) in [4.78, 5) is 8.79. The largest absolute Gasteiger partial charge is 0.495 e. The van der Waals surface area contributed by atoms with Crippen LogP contribution in [0.15, 0.2) is 87.1 Å². The van der Waals surface area contributed by atoms with E-state index in [4.69, 9.17) is 20.8 Å². The number of halogens is 1. The molecule has 1 aliphatic heterocycles. The van der Waals surface area contributed by atoms with Crippen molar-refractivity contribution < 1.29 is 17.6 Å². The number of methoxy groups -OCH3 is 1. The second-order valence-corrected chi connectivity index (χ2v) is 10.8. The number of para-hydroxylation sites is 2. The number of hydrogen-bond acceptors (Lipinski definition) is 7. The molecule has 4 aromatic rings. The number of anilines is 2. The van der Waals surface area contributed by atoms with Crippen molar-refractivity contribution in [1.82, 2.24) is 4.98 Å². The Labute approximate surface area is 215 Å². The molecule has 0 unspecified atom stereocenters. The molecule has 1 fully saturated rings. The molecule has 0 amide bonds. The molecule has 7 nitrogen and oxygen atoms in total. The van der Waals surface area contributed by atoms with E-state index >= 15 is 0 Å². The fourth-order valence-corrected chi connectivity index (χ4v) is 5.83. The summed E-state index contributed by atoms with van der Waals surface area (Å²) in [5.41, 5.74) is 2.51. The monoisotopic (exact) mass is 523 g/mol. The second-order valence-electron chi connectivity index (χ2n) is 8.57. The number of aryl methyl sites for hydroxylation is 1. The summed E-state index contributed by atoms with van der Waals surface area (Å²) in [6, 6.07) is 21.7. The lowest BCUT2D eigenvalue weighted by molar-refractivity contribution is 0.413. The standard InChI is InChI=1S/C27H26ClN3O4S/c1-19-11-13-20(14-12-19)36(32,33)26-27(35-25(29-26)21-7-3-4-8-22(21)28)31-17-15-30(16-18-31)23-9-5-6-10-24(23)34-2/h3-14H,15-18H2,1-2H3. The van der Waals surface area contributed by atoms with Crippen molar-refractivity contribution in [3.8, 4) is 17.2 Å². The Bertz CT molecular complexity index is 1480. The Morgan fingerprint density at radius 1 is 0.889 bits per heavy atom. The number of ether oxygens (including phenoxy) is 1. The summed E-state index contributed by atoms with van der Waals surface area (Å²) in [5.74, 6) is 1.20. The van der Waals surface area contributed by atoms with Crippen LogP contribution in [0, 0.1) is 6.92 Å². The van der Waals surface area contributed by atoms with Gasteiger partial charge in [0.25, 0.3) is 0 Å². The SMILES string of the molecule is COc1ccccc1N1CCN(c2oc(-c3ccccc3Cl)nc2S(=O)(=O)c2ccc(C)cc2)CC1. The smallest absolute Gasteiger partial charge is 0.236 e. The zero-order valence-corrected chi connectivity index (χ0v) is 21.6. The third-order valence-corrected chi connectivity index (χ3v) is 8.26. The van der Waals surface area contributed by atoms with Crippen LogP contribution in [0.2, 0.25) is 5.02 Å². The van der Waals surface area contributed by atoms with Crippen LogP contribution in [0.25, 0.3) is 11.5 Å². The highest BCUT2D eigenvalue weighted by molar-refractivity contribution is 7.91. The summed E-state index contributed by atoms with van der Waals surface area (Å²) in [6.45, 7) is 4.32. The summed E-state index contributed by atoms with van der Waals surface area (Å²) in [7, 11) is -2.28.